The zero-order valence-corrected chi connectivity index (χ0v) is 12.7. The van der Waals surface area contributed by atoms with Crippen LogP contribution in [-0.2, 0) is 11.8 Å². The molecule has 0 radical (unpaired) electrons. The van der Waals surface area contributed by atoms with E-state index >= 15 is 0 Å². The first-order valence-electron chi connectivity index (χ1n) is 7.46. The fraction of sp³-hybridized carbons (Fsp3) is 0.800. The second kappa shape index (κ2) is 6.53. The summed E-state index contributed by atoms with van der Waals surface area (Å²) in [6, 6.07) is 0.428. The number of aromatic nitrogens is 2. The van der Waals surface area contributed by atoms with Crippen LogP contribution in [0.2, 0.25) is 0 Å². The molecule has 1 atom stereocenters. The van der Waals surface area contributed by atoms with Gasteiger partial charge in [-0.3, -0.25) is 4.68 Å². The Bertz CT molecular complexity index is 408. The van der Waals surface area contributed by atoms with E-state index in [9.17, 15) is 0 Å². The van der Waals surface area contributed by atoms with E-state index in [1.807, 2.05) is 11.7 Å². The molecule has 0 amide bonds. The van der Waals surface area contributed by atoms with Crippen LogP contribution in [0.1, 0.15) is 49.2 Å². The monoisotopic (exact) mass is 265 g/mol. The van der Waals surface area contributed by atoms with Crippen molar-refractivity contribution in [2.45, 2.75) is 46.1 Å². The Morgan fingerprint density at radius 2 is 2.05 bits per heavy atom. The molecule has 1 aromatic heterocycles. The molecule has 0 spiro atoms. The summed E-state index contributed by atoms with van der Waals surface area (Å²) >= 11 is 0. The maximum atomic E-state index is 5.51. The molecule has 0 bridgehead atoms. The number of nitrogens with one attached hydrogen (secondary N) is 1. The molecule has 4 heteroatoms. The Balaban J connectivity index is 2.25. The maximum Gasteiger partial charge on any atom is 0.0644 e. The standard InChI is InChI=1S/C15H27N3O/c1-5-8-16-15(13-6-9-19-10-7-13)14-11(2)17-18(4)12(14)3/h13,15-16H,5-10H2,1-4H3. The lowest BCUT2D eigenvalue weighted by molar-refractivity contribution is 0.0534. The molecule has 0 aromatic carbocycles. The summed E-state index contributed by atoms with van der Waals surface area (Å²) in [5.41, 5.74) is 3.86. The third-order valence-electron chi connectivity index (χ3n) is 4.23. The lowest BCUT2D eigenvalue weighted by atomic mass is 9.86. The van der Waals surface area contributed by atoms with E-state index in [2.05, 4.69) is 31.2 Å². The second-order valence-corrected chi connectivity index (χ2v) is 5.59. The van der Waals surface area contributed by atoms with E-state index < -0.39 is 0 Å². The third kappa shape index (κ3) is 3.18. The Morgan fingerprint density at radius 1 is 1.37 bits per heavy atom. The van der Waals surface area contributed by atoms with Gasteiger partial charge >= 0.3 is 0 Å². The highest BCUT2D eigenvalue weighted by Gasteiger charge is 2.29. The Hall–Kier alpha value is -0.870. The van der Waals surface area contributed by atoms with Gasteiger partial charge in [-0.1, -0.05) is 6.92 Å². The Labute approximate surface area is 116 Å². The molecule has 108 valence electrons. The van der Waals surface area contributed by atoms with Crippen molar-refractivity contribution in [1.29, 1.82) is 0 Å². The largest absolute Gasteiger partial charge is 0.381 e. The molecule has 1 aliphatic heterocycles. The van der Waals surface area contributed by atoms with Crippen molar-refractivity contribution in [3.05, 3.63) is 17.0 Å². The summed E-state index contributed by atoms with van der Waals surface area (Å²) in [6.45, 7) is 9.38. The molecule has 2 rings (SSSR count). The smallest absolute Gasteiger partial charge is 0.0644 e. The first-order chi connectivity index (χ1) is 9.15. The van der Waals surface area contributed by atoms with Crippen molar-refractivity contribution in [3.63, 3.8) is 0 Å². The molecule has 1 unspecified atom stereocenters. The van der Waals surface area contributed by atoms with Gasteiger partial charge in [0.1, 0.15) is 0 Å². The zero-order valence-electron chi connectivity index (χ0n) is 12.7. The highest BCUT2D eigenvalue weighted by molar-refractivity contribution is 5.29. The fourth-order valence-electron chi connectivity index (χ4n) is 3.09. The van der Waals surface area contributed by atoms with E-state index in [4.69, 9.17) is 4.74 Å². The van der Waals surface area contributed by atoms with Crippen LogP contribution in [0.25, 0.3) is 0 Å². The maximum absolute atomic E-state index is 5.51. The molecule has 1 fully saturated rings. The van der Waals surface area contributed by atoms with Gasteiger partial charge in [0.2, 0.25) is 0 Å². The number of hydrogen-bond acceptors (Lipinski definition) is 3. The van der Waals surface area contributed by atoms with Crippen molar-refractivity contribution >= 4 is 0 Å². The highest BCUT2D eigenvalue weighted by Crippen LogP contribution is 2.33. The normalized spacial score (nSPS) is 18.7. The zero-order chi connectivity index (χ0) is 13.8. The lowest BCUT2D eigenvalue weighted by Crippen LogP contribution is -2.33. The first-order valence-corrected chi connectivity index (χ1v) is 7.46. The summed E-state index contributed by atoms with van der Waals surface area (Å²) in [7, 11) is 2.03. The molecular formula is C15H27N3O. The molecule has 0 aliphatic carbocycles. The van der Waals surface area contributed by atoms with Gasteiger partial charge in [0.15, 0.2) is 0 Å². The number of aryl methyl sites for hydroxylation is 2. The van der Waals surface area contributed by atoms with E-state index in [0.29, 0.717) is 12.0 Å². The summed E-state index contributed by atoms with van der Waals surface area (Å²) in [5, 5.41) is 8.32. The van der Waals surface area contributed by atoms with Gasteiger partial charge in [-0.2, -0.15) is 5.10 Å². The molecular weight excluding hydrogens is 238 g/mol. The van der Waals surface area contributed by atoms with E-state index in [1.54, 1.807) is 0 Å². The summed E-state index contributed by atoms with van der Waals surface area (Å²) in [4.78, 5) is 0. The summed E-state index contributed by atoms with van der Waals surface area (Å²) in [6.07, 6.45) is 3.46. The average molecular weight is 265 g/mol. The number of ether oxygens (including phenoxy) is 1. The van der Waals surface area contributed by atoms with Crippen LogP contribution in [0.4, 0.5) is 0 Å². The SMILES string of the molecule is CCCNC(c1c(C)nn(C)c1C)C1CCOCC1. The van der Waals surface area contributed by atoms with E-state index in [-0.39, 0.29) is 0 Å². The molecule has 1 aromatic rings. The van der Waals surface area contributed by atoms with Gasteiger partial charge in [0, 0.05) is 37.6 Å². The minimum Gasteiger partial charge on any atom is -0.381 e. The van der Waals surface area contributed by atoms with Gasteiger partial charge in [-0.25, -0.2) is 0 Å². The quantitative estimate of drug-likeness (QED) is 0.889. The molecule has 0 saturated carbocycles. The molecule has 1 N–H and O–H groups in total. The van der Waals surface area contributed by atoms with E-state index in [0.717, 1.165) is 39.0 Å². The van der Waals surface area contributed by atoms with Gasteiger partial charge < -0.3 is 10.1 Å². The molecule has 19 heavy (non-hydrogen) atoms. The number of nitrogens with zero attached hydrogens (tertiary/aromatic N) is 2. The minimum absolute atomic E-state index is 0.428. The van der Waals surface area contributed by atoms with Crippen molar-refractivity contribution in [2.75, 3.05) is 19.8 Å². The van der Waals surface area contributed by atoms with Crippen molar-refractivity contribution < 1.29 is 4.74 Å². The predicted molar refractivity (Wildman–Crippen MR) is 77.3 cm³/mol. The molecule has 2 heterocycles. The first kappa shape index (κ1) is 14.5. The van der Waals surface area contributed by atoms with E-state index in [1.165, 1.54) is 17.0 Å². The van der Waals surface area contributed by atoms with Crippen LogP contribution in [0, 0.1) is 19.8 Å². The van der Waals surface area contributed by atoms with Crippen LogP contribution in [0.3, 0.4) is 0 Å². The average Bonchev–Trinajstić information content (AvgIpc) is 2.67. The number of rotatable bonds is 5. The minimum atomic E-state index is 0.428. The molecule has 1 saturated heterocycles. The lowest BCUT2D eigenvalue weighted by Gasteiger charge is -2.31. The van der Waals surface area contributed by atoms with Crippen LogP contribution in [-0.4, -0.2) is 29.5 Å². The Morgan fingerprint density at radius 3 is 2.58 bits per heavy atom. The van der Waals surface area contributed by atoms with Crippen LogP contribution >= 0.6 is 0 Å². The number of hydrogen-bond donors (Lipinski definition) is 1. The summed E-state index contributed by atoms with van der Waals surface area (Å²) < 4.78 is 7.51. The van der Waals surface area contributed by atoms with Gasteiger partial charge in [0.05, 0.1) is 5.69 Å². The van der Waals surface area contributed by atoms with Crippen molar-refractivity contribution in [3.8, 4) is 0 Å². The topological polar surface area (TPSA) is 39.1 Å². The molecule has 4 nitrogen and oxygen atoms in total. The predicted octanol–water partition coefficient (Wildman–Crippen LogP) is 2.50. The van der Waals surface area contributed by atoms with Crippen LogP contribution < -0.4 is 5.32 Å². The Kier molecular flexibility index (Phi) is 4.99. The van der Waals surface area contributed by atoms with Crippen molar-refractivity contribution in [1.82, 2.24) is 15.1 Å². The van der Waals surface area contributed by atoms with Crippen LogP contribution in [0.15, 0.2) is 0 Å². The summed E-state index contributed by atoms with van der Waals surface area (Å²) in [5.74, 6) is 0.668. The molecule has 1 aliphatic rings. The van der Waals surface area contributed by atoms with Gasteiger partial charge in [-0.15, -0.1) is 0 Å². The fourth-order valence-corrected chi connectivity index (χ4v) is 3.09. The van der Waals surface area contributed by atoms with Gasteiger partial charge in [0.25, 0.3) is 0 Å². The van der Waals surface area contributed by atoms with Crippen LogP contribution in [0.5, 0.6) is 0 Å². The highest BCUT2D eigenvalue weighted by atomic mass is 16.5. The second-order valence-electron chi connectivity index (χ2n) is 5.59. The van der Waals surface area contributed by atoms with Crippen molar-refractivity contribution in [2.24, 2.45) is 13.0 Å². The van der Waals surface area contributed by atoms with Gasteiger partial charge in [-0.05, 0) is 45.6 Å². The third-order valence-corrected chi connectivity index (χ3v) is 4.23.